The molecule has 0 atom stereocenters. The zero-order valence-corrected chi connectivity index (χ0v) is 14.8. The number of carbonyl (C=O) groups excluding carboxylic acids is 1. The van der Waals surface area contributed by atoms with Crippen LogP contribution in [0.15, 0.2) is 52.5 Å². The number of thiophene rings is 1. The summed E-state index contributed by atoms with van der Waals surface area (Å²) in [5.74, 6) is 0.908. The number of anilines is 1. The molecule has 4 aromatic rings. The largest absolute Gasteiger partial charge is 0.450 e. The van der Waals surface area contributed by atoms with Gasteiger partial charge in [0.05, 0.1) is 4.88 Å². The van der Waals surface area contributed by atoms with Crippen molar-refractivity contribution in [2.24, 2.45) is 0 Å². The fourth-order valence-corrected chi connectivity index (χ4v) is 4.10. The van der Waals surface area contributed by atoms with Crippen LogP contribution in [-0.2, 0) is 0 Å². The van der Waals surface area contributed by atoms with Gasteiger partial charge in [-0.15, -0.1) is 11.3 Å². The van der Waals surface area contributed by atoms with Crippen molar-refractivity contribution < 1.29 is 9.21 Å². The van der Waals surface area contributed by atoms with Crippen molar-refractivity contribution in [3.8, 4) is 0 Å². The zero-order valence-electron chi connectivity index (χ0n) is 14.0. The molecular formula is C19H16N4O2S. The number of hydrogen-bond acceptors (Lipinski definition) is 6. The van der Waals surface area contributed by atoms with Gasteiger partial charge in [0.1, 0.15) is 17.4 Å². The molecule has 5 rings (SSSR count). The van der Waals surface area contributed by atoms with E-state index in [1.165, 1.54) is 11.3 Å². The van der Waals surface area contributed by atoms with E-state index in [-0.39, 0.29) is 5.91 Å². The Bertz CT molecular complexity index is 1080. The molecule has 6 nitrogen and oxygen atoms in total. The monoisotopic (exact) mass is 364 g/mol. The molecule has 1 fully saturated rings. The van der Waals surface area contributed by atoms with Crippen LogP contribution in [0.2, 0.25) is 0 Å². The predicted molar refractivity (Wildman–Crippen MR) is 102 cm³/mol. The second kappa shape index (κ2) is 6.10. The molecule has 130 valence electrons. The van der Waals surface area contributed by atoms with Crippen molar-refractivity contribution in [3.05, 3.63) is 53.0 Å². The minimum absolute atomic E-state index is 0.108. The van der Waals surface area contributed by atoms with Crippen LogP contribution in [0.5, 0.6) is 0 Å². The number of piperazine rings is 1. The molecule has 1 amide bonds. The summed E-state index contributed by atoms with van der Waals surface area (Å²) in [5.41, 5.74) is 2.37. The van der Waals surface area contributed by atoms with E-state index in [9.17, 15) is 4.79 Å². The van der Waals surface area contributed by atoms with Gasteiger partial charge < -0.3 is 14.2 Å². The van der Waals surface area contributed by atoms with Crippen molar-refractivity contribution in [2.45, 2.75) is 0 Å². The maximum atomic E-state index is 12.5. The standard InChI is InChI=1S/C19H16N4O2S/c24-19(15-6-3-11-26-15)23-9-7-22(8-10-23)18-17-16(20-12-21-18)13-4-1-2-5-14(13)25-17/h1-6,11-12H,7-10H2. The summed E-state index contributed by atoms with van der Waals surface area (Å²) in [7, 11) is 0. The molecule has 0 unspecified atom stereocenters. The van der Waals surface area contributed by atoms with Crippen LogP contribution in [-0.4, -0.2) is 47.0 Å². The summed E-state index contributed by atoms with van der Waals surface area (Å²) >= 11 is 1.49. The van der Waals surface area contributed by atoms with E-state index in [0.29, 0.717) is 18.7 Å². The first-order valence-electron chi connectivity index (χ1n) is 8.51. The van der Waals surface area contributed by atoms with E-state index < -0.39 is 0 Å². The van der Waals surface area contributed by atoms with Gasteiger partial charge in [-0.3, -0.25) is 4.79 Å². The molecule has 0 aliphatic carbocycles. The molecule has 3 aromatic heterocycles. The molecule has 4 heterocycles. The molecule has 1 saturated heterocycles. The van der Waals surface area contributed by atoms with Gasteiger partial charge in [-0.2, -0.15) is 0 Å². The molecule has 0 bridgehead atoms. The van der Waals surface area contributed by atoms with Gasteiger partial charge in [-0.25, -0.2) is 9.97 Å². The van der Waals surface area contributed by atoms with Crippen LogP contribution in [0.1, 0.15) is 9.67 Å². The highest BCUT2D eigenvalue weighted by molar-refractivity contribution is 7.12. The van der Waals surface area contributed by atoms with Crippen molar-refractivity contribution >= 4 is 45.1 Å². The highest BCUT2D eigenvalue weighted by Crippen LogP contribution is 2.32. The normalized spacial score (nSPS) is 15.1. The quantitative estimate of drug-likeness (QED) is 0.545. The Labute approximate surface area is 153 Å². The number of aromatic nitrogens is 2. The van der Waals surface area contributed by atoms with E-state index in [0.717, 1.165) is 40.3 Å². The molecule has 0 saturated carbocycles. The molecule has 0 radical (unpaired) electrons. The summed E-state index contributed by atoms with van der Waals surface area (Å²) in [6, 6.07) is 11.7. The predicted octanol–water partition coefficient (Wildman–Crippen LogP) is 3.40. The van der Waals surface area contributed by atoms with Gasteiger partial charge >= 0.3 is 0 Å². The van der Waals surface area contributed by atoms with Crippen LogP contribution >= 0.6 is 11.3 Å². The number of benzene rings is 1. The number of rotatable bonds is 2. The first kappa shape index (κ1) is 15.3. The fourth-order valence-electron chi connectivity index (χ4n) is 3.41. The average Bonchev–Trinajstić information content (AvgIpc) is 3.35. The molecule has 0 N–H and O–H groups in total. The number of hydrogen-bond donors (Lipinski definition) is 0. The van der Waals surface area contributed by atoms with Gasteiger partial charge in [-0.1, -0.05) is 18.2 Å². The van der Waals surface area contributed by atoms with Gasteiger partial charge in [0.25, 0.3) is 5.91 Å². The number of furan rings is 1. The molecule has 7 heteroatoms. The lowest BCUT2D eigenvalue weighted by atomic mass is 10.2. The van der Waals surface area contributed by atoms with E-state index >= 15 is 0 Å². The number of para-hydroxylation sites is 1. The van der Waals surface area contributed by atoms with Crippen LogP contribution in [0.4, 0.5) is 5.82 Å². The molecule has 1 aliphatic rings. The van der Waals surface area contributed by atoms with Crippen molar-refractivity contribution in [3.63, 3.8) is 0 Å². The van der Waals surface area contributed by atoms with Crippen molar-refractivity contribution in [2.75, 3.05) is 31.1 Å². The lowest BCUT2D eigenvalue weighted by molar-refractivity contribution is 0.0751. The minimum atomic E-state index is 0.108. The number of amides is 1. The smallest absolute Gasteiger partial charge is 0.264 e. The van der Waals surface area contributed by atoms with Gasteiger partial charge in [0.2, 0.25) is 0 Å². The lowest BCUT2D eigenvalue weighted by Gasteiger charge is -2.35. The maximum absolute atomic E-state index is 12.5. The third-order valence-electron chi connectivity index (χ3n) is 4.74. The summed E-state index contributed by atoms with van der Waals surface area (Å²) < 4.78 is 6.02. The van der Waals surface area contributed by atoms with Crippen molar-refractivity contribution in [1.82, 2.24) is 14.9 Å². The van der Waals surface area contributed by atoms with E-state index in [2.05, 4.69) is 14.9 Å². The first-order chi connectivity index (χ1) is 12.8. The summed E-state index contributed by atoms with van der Waals surface area (Å²) in [6.45, 7) is 2.78. The Balaban J connectivity index is 1.42. The molecule has 1 aliphatic heterocycles. The lowest BCUT2D eigenvalue weighted by Crippen LogP contribution is -2.49. The fraction of sp³-hybridized carbons (Fsp3) is 0.211. The third-order valence-corrected chi connectivity index (χ3v) is 5.60. The SMILES string of the molecule is O=C(c1cccs1)N1CCN(c2ncnc3c2oc2ccccc23)CC1. The summed E-state index contributed by atoms with van der Waals surface area (Å²) in [6.07, 6.45) is 1.59. The molecule has 0 spiro atoms. The highest BCUT2D eigenvalue weighted by Gasteiger charge is 2.25. The van der Waals surface area contributed by atoms with Gasteiger partial charge in [0.15, 0.2) is 11.4 Å². The number of nitrogens with zero attached hydrogens (tertiary/aromatic N) is 4. The topological polar surface area (TPSA) is 62.5 Å². The van der Waals surface area contributed by atoms with E-state index in [1.54, 1.807) is 6.33 Å². The van der Waals surface area contributed by atoms with E-state index in [4.69, 9.17) is 4.42 Å². The number of carbonyl (C=O) groups is 1. The second-order valence-electron chi connectivity index (χ2n) is 6.23. The van der Waals surface area contributed by atoms with Crippen LogP contribution in [0, 0.1) is 0 Å². The Morgan fingerprint density at radius 3 is 2.69 bits per heavy atom. The Morgan fingerprint density at radius 1 is 1.04 bits per heavy atom. The van der Waals surface area contributed by atoms with E-state index in [1.807, 2.05) is 46.7 Å². The van der Waals surface area contributed by atoms with Crippen LogP contribution < -0.4 is 4.90 Å². The van der Waals surface area contributed by atoms with Crippen molar-refractivity contribution in [1.29, 1.82) is 0 Å². The molecule has 26 heavy (non-hydrogen) atoms. The second-order valence-corrected chi connectivity index (χ2v) is 7.18. The Hall–Kier alpha value is -2.93. The number of fused-ring (bicyclic) bond motifs is 3. The average molecular weight is 364 g/mol. The third kappa shape index (κ3) is 2.43. The Morgan fingerprint density at radius 2 is 1.88 bits per heavy atom. The summed E-state index contributed by atoms with van der Waals surface area (Å²) in [4.78, 5) is 26.2. The maximum Gasteiger partial charge on any atom is 0.264 e. The first-order valence-corrected chi connectivity index (χ1v) is 9.39. The zero-order chi connectivity index (χ0) is 17.5. The van der Waals surface area contributed by atoms with Crippen LogP contribution in [0.25, 0.3) is 22.1 Å². The highest BCUT2D eigenvalue weighted by atomic mass is 32.1. The summed E-state index contributed by atoms with van der Waals surface area (Å²) in [5, 5.41) is 2.93. The van der Waals surface area contributed by atoms with Gasteiger partial charge in [0, 0.05) is 31.6 Å². The minimum Gasteiger partial charge on any atom is -0.450 e. The molecular weight excluding hydrogens is 348 g/mol. The Kier molecular flexibility index (Phi) is 3.60. The molecule has 1 aromatic carbocycles. The van der Waals surface area contributed by atoms with Gasteiger partial charge in [-0.05, 0) is 23.6 Å². The van der Waals surface area contributed by atoms with Crippen LogP contribution in [0.3, 0.4) is 0 Å².